The predicted octanol–water partition coefficient (Wildman–Crippen LogP) is 5.33. The van der Waals surface area contributed by atoms with Crippen LogP contribution in [0.3, 0.4) is 0 Å². The fraction of sp³-hybridized carbons (Fsp3) is 0.880. The first-order valence-corrected chi connectivity index (χ1v) is 13.4. The summed E-state index contributed by atoms with van der Waals surface area (Å²) in [4.78, 5) is 34.1. The molecule has 3 atom stereocenters. The Balaban J connectivity index is 1.63. The van der Waals surface area contributed by atoms with E-state index < -0.39 is 5.60 Å². The normalized spacial score (nSPS) is 35.6. The summed E-state index contributed by atoms with van der Waals surface area (Å²) in [5.41, 5.74) is -0.905. The van der Waals surface area contributed by atoms with E-state index in [1.165, 1.54) is 19.3 Å². The molecule has 2 amide bonds. The number of rotatable bonds is 6. The van der Waals surface area contributed by atoms with E-state index in [0.29, 0.717) is 18.4 Å². The molecule has 5 fully saturated rings. The highest BCUT2D eigenvalue weighted by Gasteiger charge is 2.61. The first-order valence-electron chi connectivity index (χ1n) is 12.4. The Hall–Kier alpha value is -1.42. The van der Waals surface area contributed by atoms with E-state index in [0.717, 1.165) is 44.3 Å². The first-order chi connectivity index (χ1) is 15.1. The summed E-state index contributed by atoms with van der Waals surface area (Å²) in [6.07, 6.45) is 8.70. The van der Waals surface area contributed by atoms with Crippen LogP contribution in [0.25, 0.3) is 4.85 Å². The van der Waals surface area contributed by atoms with Gasteiger partial charge in [-0.2, -0.15) is 11.8 Å². The number of amides is 2. The number of ether oxygens (including phenoxy) is 1. The lowest BCUT2D eigenvalue weighted by atomic mass is 9.52. The lowest BCUT2D eigenvalue weighted by Crippen LogP contribution is -2.67. The molecule has 5 aliphatic rings. The van der Waals surface area contributed by atoms with Crippen LogP contribution >= 0.6 is 11.8 Å². The number of thioether (sulfide) groups is 1. The number of carbonyl (C=O) groups excluding carboxylic acids is 2. The molecule has 4 saturated carbocycles. The van der Waals surface area contributed by atoms with E-state index in [-0.39, 0.29) is 35.0 Å². The lowest BCUT2D eigenvalue weighted by Gasteiger charge is -2.64. The van der Waals surface area contributed by atoms with E-state index >= 15 is 0 Å². The molecule has 1 aliphatic heterocycles. The predicted molar refractivity (Wildman–Crippen MR) is 127 cm³/mol. The average Bonchev–Trinajstić information content (AvgIpc) is 3.17. The van der Waals surface area contributed by atoms with Crippen molar-refractivity contribution in [1.29, 1.82) is 0 Å². The van der Waals surface area contributed by atoms with Gasteiger partial charge in [0.15, 0.2) is 0 Å². The second kappa shape index (κ2) is 8.74. The van der Waals surface area contributed by atoms with Crippen LogP contribution in [0.2, 0.25) is 0 Å². The van der Waals surface area contributed by atoms with E-state index in [1.807, 2.05) is 25.7 Å². The van der Waals surface area contributed by atoms with Gasteiger partial charge in [-0.25, -0.2) is 11.4 Å². The molecule has 0 radical (unpaired) electrons. The number of carbonyl (C=O) groups is 2. The molecular formula is C25H39N3O3S. The number of nitrogens with zero attached hydrogens (tertiary/aromatic N) is 3. The van der Waals surface area contributed by atoms with Crippen molar-refractivity contribution in [3.05, 3.63) is 11.4 Å². The third-order valence-electron chi connectivity index (χ3n) is 7.76. The Bertz CT molecular complexity index is 772. The maximum atomic E-state index is 13.6. The highest BCUT2D eigenvalue weighted by atomic mass is 32.2. The molecule has 6 nitrogen and oxygen atoms in total. The molecule has 0 aromatic carbocycles. The molecule has 5 rings (SSSR count). The summed E-state index contributed by atoms with van der Waals surface area (Å²) < 4.78 is 6.10. The number of hydrogen-bond acceptors (Lipinski definition) is 4. The molecule has 32 heavy (non-hydrogen) atoms. The van der Waals surface area contributed by atoms with E-state index in [4.69, 9.17) is 11.3 Å². The Morgan fingerprint density at radius 2 is 1.91 bits per heavy atom. The van der Waals surface area contributed by atoms with Gasteiger partial charge in [0.25, 0.3) is 0 Å². The molecule has 1 saturated heterocycles. The second-order valence-corrected chi connectivity index (χ2v) is 13.2. The molecule has 0 aromatic heterocycles. The standard InChI is InChI=1S/C25H39N3O3S/c1-6-10-32-25-14-18-11-19(15-25)13-24(12-18,17-25)28(22(30)31-23(2,3)4)16-21(29)27-9-7-8-20(27)26-5/h18-20H,6-17H2,1-4H3/t18?,19?,20-,24?,25?/m0/s1. The van der Waals surface area contributed by atoms with Crippen LogP contribution in [0.5, 0.6) is 0 Å². The summed E-state index contributed by atoms with van der Waals surface area (Å²) in [5.74, 6) is 2.31. The second-order valence-electron chi connectivity index (χ2n) is 11.6. The van der Waals surface area contributed by atoms with Crippen LogP contribution in [-0.4, -0.2) is 62.7 Å². The molecule has 7 heteroatoms. The minimum atomic E-state index is -0.609. The first kappa shape index (κ1) is 23.7. The highest BCUT2D eigenvalue weighted by Crippen LogP contribution is 2.64. The zero-order chi connectivity index (χ0) is 23.1. The molecular weight excluding hydrogens is 422 g/mol. The molecule has 0 spiro atoms. The fourth-order valence-corrected chi connectivity index (χ4v) is 8.79. The summed E-state index contributed by atoms with van der Waals surface area (Å²) in [7, 11) is 0. The van der Waals surface area contributed by atoms with Crippen molar-refractivity contribution in [2.24, 2.45) is 11.8 Å². The SMILES string of the molecule is [C-]#[N+][C@@H]1CCCN1C(=O)CN(C(=O)OC(C)(C)C)C12CC3CC(CC(SCCC)(C3)C1)C2. The van der Waals surface area contributed by atoms with Crippen molar-refractivity contribution in [2.45, 2.75) is 108 Å². The van der Waals surface area contributed by atoms with Crippen LogP contribution in [0.1, 0.15) is 85.5 Å². The van der Waals surface area contributed by atoms with Crippen molar-refractivity contribution in [3.8, 4) is 0 Å². The van der Waals surface area contributed by atoms with Crippen molar-refractivity contribution < 1.29 is 14.3 Å². The lowest BCUT2D eigenvalue weighted by molar-refractivity contribution is -0.138. The van der Waals surface area contributed by atoms with Gasteiger partial charge in [-0.1, -0.05) is 6.92 Å². The largest absolute Gasteiger partial charge is 0.444 e. The Labute approximate surface area is 197 Å². The van der Waals surface area contributed by atoms with Gasteiger partial charge in [-0.05, 0) is 89.7 Å². The molecule has 2 unspecified atom stereocenters. The van der Waals surface area contributed by atoms with Crippen LogP contribution in [-0.2, 0) is 9.53 Å². The summed E-state index contributed by atoms with van der Waals surface area (Å²) in [5, 5.41) is 0. The third-order valence-corrected chi connectivity index (χ3v) is 9.46. The number of likely N-dealkylation sites (tertiary alicyclic amines) is 1. The molecule has 1 heterocycles. The van der Waals surface area contributed by atoms with Crippen LogP contribution < -0.4 is 0 Å². The van der Waals surface area contributed by atoms with E-state index in [1.54, 1.807) is 4.90 Å². The van der Waals surface area contributed by atoms with Gasteiger partial charge in [0.2, 0.25) is 5.91 Å². The van der Waals surface area contributed by atoms with Crippen molar-refractivity contribution in [3.63, 3.8) is 0 Å². The van der Waals surface area contributed by atoms with Gasteiger partial charge in [-0.3, -0.25) is 19.4 Å². The van der Waals surface area contributed by atoms with Gasteiger partial charge < -0.3 is 4.74 Å². The Morgan fingerprint density at radius 1 is 1.22 bits per heavy atom. The van der Waals surface area contributed by atoms with Crippen molar-refractivity contribution in [1.82, 2.24) is 9.80 Å². The summed E-state index contributed by atoms with van der Waals surface area (Å²) >= 11 is 2.11. The molecule has 0 N–H and O–H groups in total. The Morgan fingerprint density at radius 3 is 2.50 bits per heavy atom. The molecule has 178 valence electrons. The molecule has 4 bridgehead atoms. The van der Waals surface area contributed by atoms with Gasteiger partial charge in [0.05, 0.1) is 0 Å². The number of hydrogen-bond donors (Lipinski definition) is 0. The minimum Gasteiger partial charge on any atom is -0.444 e. The summed E-state index contributed by atoms with van der Waals surface area (Å²) in [6.45, 7) is 16.0. The van der Waals surface area contributed by atoms with Gasteiger partial charge in [0, 0.05) is 23.3 Å². The van der Waals surface area contributed by atoms with Crippen molar-refractivity contribution in [2.75, 3.05) is 18.8 Å². The smallest absolute Gasteiger partial charge is 0.411 e. The van der Waals surface area contributed by atoms with Gasteiger partial charge in [0.1, 0.15) is 12.1 Å². The maximum absolute atomic E-state index is 13.6. The minimum absolute atomic E-state index is 0.0366. The van der Waals surface area contributed by atoms with Crippen molar-refractivity contribution >= 4 is 23.8 Å². The molecule has 4 aliphatic carbocycles. The highest BCUT2D eigenvalue weighted by molar-refractivity contribution is 8.00. The maximum Gasteiger partial charge on any atom is 0.411 e. The van der Waals surface area contributed by atoms with Gasteiger partial charge >= 0.3 is 12.3 Å². The van der Waals surface area contributed by atoms with E-state index in [2.05, 4.69) is 23.5 Å². The molecule has 0 aromatic rings. The quantitative estimate of drug-likeness (QED) is 0.502. The van der Waals surface area contributed by atoms with E-state index in [9.17, 15) is 9.59 Å². The summed E-state index contributed by atoms with van der Waals surface area (Å²) in [6, 6.07) is 0. The topological polar surface area (TPSA) is 54.2 Å². The van der Waals surface area contributed by atoms with Crippen LogP contribution in [0, 0.1) is 18.4 Å². The Kier molecular flexibility index (Phi) is 6.48. The monoisotopic (exact) mass is 461 g/mol. The van der Waals surface area contributed by atoms with Gasteiger partial charge in [-0.15, -0.1) is 0 Å². The average molecular weight is 462 g/mol. The third kappa shape index (κ3) is 4.62. The van der Waals surface area contributed by atoms with Crippen LogP contribution in [0.15, 0.2) is 0 Å². The zero-order valence-electron chi connectivity index (χ0n) is 20.2. The van der Waals surface area contributed by atoms with Crippen LogP contribution in [0.4, 0.5) is 4.79 Å². The fourth-order valence-electron chi connectivity index (χ4n) is 7.08. The zero-order valence-corrected chi connectivity index (χ0v) is 21.0.